The Morgan fingerprint density at radius 3 is 2.29 bits per heavy atom. The molecule has 0 aliphatic heterocycles. The standard InChI is InChI=1S/C23H31BN2O5/c1-16(2)12-21(24(29)30)26-23(28)20(14-17-8-5-4-6-9-17)22(27)25-15-18-10-7-11-19(13-18)31-3/h4-11,13,16,20-21,29-30H,12,14-15H2,1-3H3,(H,25,27)(H,26,28)/t20?,21-/m0/s1. The number of carbonyl (C=O) groups excluding carboxylic acids is 2. The number of ether oxygens (including phenoxy) is 1. The highest BCUT2D eigenvalue weighted by Crippen LogP contribution is 2.15. The van der Waals surface area contributed by atoms with E-state index >= 15 is 0 Å². The molecule has 0 spiro atoms. The summed E-state index contributed by atoms with van der Waals surface area (Å²) >= 11 is 0. The molecular weight excluding hydrogens is 395 g/mol. The normalized spacial score (nSPS) is 12.7. The lowest BCUT2D eigenvalue weighted by atomic mass is 9.74. The third-order valence-electron chi connectivity index (χ3n) is 4.93. The van der Waals surface area contributed by atoms with Gasteiger partial charge in [-0.1, -0.05) is 56.3 Å². The van der Waals surface area contributed by atoms with Crippen LogP contribution < -0.4 is 15.4 Å². The van der Waals surface area contributed by atoms with E-state index in [0.29, 0.717) is 12.2 Å². The molecule has 31 heavy (non-hydrogen) atoms. The van der Waals surface area contributed by atoms with E-state index in [-0.39, 0.29) is 18.9 Å². The van der Waals surface area contributed by atoms with Gasteiger partial charge in [-0.25, -0.2) is 0 Å². The van der Waals surface area contributed by atoms with Crippen LogP contribution in [0.5, 0.6) is 5.75 Å². The highest BCUT2D eigenvalue weighted by Gasteiger charge is 2.32. The van der Waals surface area contributed by atoms with Crippen molar-refractivity contribution in [2.24, 2.45) is 11.8 Å². The highest BCUT2D eigenvalue weighted by molar-refractivity contribution is 6.43. The molecule has 2 amide bonds. The number of benzene rings is 2. The van der Waals surface area contributed by atoms with Crippen LogP contribution in [0.3, 0.4) is 0 Å². The molecule has 0 fully saturated rings. The summed E-state index contributed by atoms with van der Waals surface area (Å²) in [5, 5.41) is 24.8. The van der Waals surface area contributed by atoms with Gasteiger partial charge in [-0.2, -0.15) is 0 Å². The van der Waals surface area contributed by atoms with E-state index in [9.17, 15) is 19.6 Å². The average molecular weight is 426 g/mol. The number of hydrogen-bond donors (Lipinski definition) is 4. The number of rotatable bonds is 11. The zero-order valence-corrected chi connectivity index (χ0v) is 18.2. The molecule has 2 aromatic carbocycles. The maximum atomic E-state index is 13.0. The summed E-state index contributed by atoms with van der Waals surface area (Å²) in [6.07, 6.45) is 0.583. The van der Waals surface area contributed by atoms with E-state index in [4.69, 9.17) is 4.74 Å². The zero-order chi connectivity index (χ0) is 22.8. The Hall–Kier alpha value is -2.84. The van der Waals surface area contributed by atoms with Crippen LogP contribution in [0, 0.1) is 11.8 Å². The molecule has 0 aliphatic carbocycles. The lowest BCUT2D eigenvalue weighted by Gasteiger charge is -2.23. The van der Waals surface area contributed by atoms with Crippen molar-refractivity contribution in [3.63, 3.8) is 0 Å². The van der Waals surface area contributed by atoms with Gasteiger partial charge in [-0.05, 0) is 42.0 Å². The highest BCUT2D eigenvalue weighted by atomic mass is 16.5. The van der Waals surface area contributed by atoms with Crippen LogP contribution in [-0.4, -0.2) is 42.0 Å². The molecule has 0 aliphatic rings. The van der Waals surface area contributed by atoms with Gasteiger partial charge in [-0.3, -0.25) is 9.59 Å². The Morgan fingerprint density at radius 2 is 1.68 bits per heavy atom. The first-order valence-corrected chi connectivity index (χ1v) is 10.4. The van der Waals surface area contributed by atoms with Gasteiger partial charge in [0.2, 0.25) is 11.8 Å². The molecule has 166 valence electrons. The average Bonchev–Trinajstić information content (AvgIpc) is 2.75. The number of methoxy groups -OCH3 is 1. The quantitative estimate of drug-likeness (QED) is 0.323. The molecule has 0 saturated heterocycles. The van der Waals surface area contributed by atoms with E-state index in [0.717, 1.165) is 11.1 Å². The van der Waals surface area contributed by atoms with E-state index in [1.807, 2.05) is 68.4 Å². The number of nitrogens with one attached hydrogen (secondary N) is 2. The SMILES string of the molecule is COc1cccc(CNC(=O)C(Cc2ccccc2)C(=O)N[C@@H](CC(C)C)B(O)O)c1. The van der Waals surface area contributed by atoms with Gasteiger partial charge in [0.25, 0.3) is 0 Å². The van der Waals surface area contributed by atoms with Crippen LogP contribution in [0.4, 0.5) is 0 Å². The molecule has 4 N–H and O–H groups in total. The minimum absolute atomic E-state index is 0.140. The summed E-state index contributed by atoms with van der Waals surface area (Å²) in [4.78, 5) is 25.9. The van der Waals surface area contributed by atoms with Crippen molar-refractivity contribution in [3.8, 4) is 5.75 Å². The van der Waals surface area contributed by atoms with E-state index < -0.39 is 30.8 Å². The van der Waals surface area contributed by atoms with Gasteiger partial charge in [0.05, 0.1) is 13.1 Å². The van der Waals surface area contributed by atoms with Crippen molar-refractivity contribution < 1.29 is 24.4 Å². The van der Waals surface area contributed by atoms with Crippen LogP contribution in [-0.2, 0) is 22.6 Å². The minimum Gasteiger partial charge on any atom is -0.497 e. The molecule has 2 aromatic rings. The summed E-state index contributed by atoms with van der Waals surface area (Å²) in [5.74, 6) is -2.01. The molecule has 0 aromatic heterocycles. The Balaban J connectivity index is 2.14. The third kappa shape index (κ3) is 8.07. The lowest BCUT2D eigenvalue weighted by molar-refractivity contribution is -0.135. The first-order chi connectivity index (χ1) is 14.8. The fraction of sp³-hybridized carbons (Fsp3) is 0.391. The van der Waals surface area contributed by atoms with Gasteiger partial charge in [0.1, 0.15) is 11.7 Å². The smallest absolute Gasteiger partial charge is 0.475 e. The summed E-state index contributed by atoms with van der Waals surface area (Å²) in [6, 6.07) is 16.6. The maximum Gasteiger partial charge on any atom is 0.475 e. The van der Waals surface area contributed by atoms with Crippen molar-refractivity contribution in [2.75, 3.05) is 7.11 Å². The first kappa shape index (κ1) is 24.4. The summed E-state index contributed by atoms with van der Waals surface area (Å²) in [6.45, 7) is 4.08. The second-order valence-corrected chi connectivity index (χ2v) is 7.97. The molecule has 0 bridgehead atoms. The molecule has 0 heterocycles. The Morgan fingerprint density at radius 1 is 1.00 bits per heavy atom. The van der Waals surface area contributed by atoms with Gasteiger partial charge >= 0.3 is 7.12 Å². The van der Waals surface area contributed by atoms with Crippen LogP contribution in [0.2, 0.25) is 0 Å². The summed E-state index contributed by atoms with van der Waals surface area (Å²) in [5.41, 5.74) is 1.68. The van der Waals surface area contributed by atoms with E-state index in [1.54, 1.807) is 7.11 Å². The lowest BCUT2D eigenvalue weighted by Crippen LogP contribution is -2.51. The van der Waals surface area contributed by atoms with Crippen molar-refractivity contribution in [1.82, 2.24) is 10.6 Å². The first-order valence-electron chi connectivity index (χ1n) is 10.4. The Labute approximate surface area is 184 Å². The molecule has 7 nitrogen and oxygen atoms in total. The molecule has 1 unspecified atom stereocenters. The predicted octanol–water partition coefficient (Wildman–Crippen LogP) is 1.71. The van der Waals surface area contributed by atoms with Crippen molar-refractivity contribution in [3.05, 3.63) is 65.7 Å². The molecule has 2 atom stereocenters. The third-order valence-corrected chi connectivity index (χ3v) is 4.93. The van der Waals surface area contributed by atoms with E-state index in [1.165, 1.54) is 0 Å². The fourth-order valence-electron chi connectivity index (χ4n) is 3.30. The van der Waals surface area contributed by atoms with Crippen LogP contribution in [0.15, 0.2) is 54.6 Å². The summed E-state index contributed by atoms with van der Waals surface area (Å²) < 4.78 is 5.20. The molecule has 8 heteroatoms. The summed E-state index contributed by atoms with van der Waals surface area (Å²) in [7, 11) is -0.135. The fourth-order valence-corrected chi connectivity index (χ4v) is 3.30. The van der Waals surface area contributed by atoms with Crippen molar-refractivity contribution >= 4 is 18.9 Å². The second-order valence-electron chi connectivity index (χ2n) is 7.97. The van der Waals surface area contributed by atoms with E-state index in [2.05, 4.69) is 10.6 Å². The predicted molar refractivity (Wildman–Crippen MR) is 120 cm³/mol. The van der Waals surface area contributed by atoms with Crippen molar-refractivity contribution in [1.29, 1.82) is 0 Å². The number of hydrogen-bond acceptors (Lipinski definition) is 5. The van der Waals surface area contributed by atoms with Gasteiger partial charge in [-0.15, -0.1) is 0 Å². The maximum absolute atomic E-state index is 13.0. The monoisotopic (exact) mass is 426 g/mol. The molecular formula is C23H31BN2O5. The largest absolute Gasteiger partial charge is 0.497 e. The zero-order valence-electron chi connectivity index (χ0n) is 18.2. The minimum atomic E-state index is -1.71. The van der Waals surface area contributed by atoms with Crippen LogP contribution >= 0.6 is 0 Å². The van der Waals surface area contributed by atoms with Gasteiger partial charge in [0, 0.05) is 6.54 Å². The van der Waals surface area contributed by atoms with Crippen molar-refractivity contribution in [2.45, 2.75) is 39.2 Å². The number of amides is 2. The van der Waals surface area contributed by atoms with Gasteiger partial charge < -0.3 is 25.4 Å². The number of carbonyl (C=O) groups is 2. The Bertz CT molecular complexity index is 845. The molecule has 0 saturated carbocycles. The second kappa shape index (κ2) is 12.1. The van der Waals surface area contributed by atoms with Gasteiger partial charge in [0.15, 0.2) is 0 Å². The van der Waals surface area contributed by atoms with Crippen LogP contribution in [0.25, 0.3) is 0 Å². The van der Waals surface area contributed by atoms with Crippen LogP contribution in [0.1, 0.15) is 31.4 Å². The molecule has 2 rings (SSSR count). The Kier molecular flexibility index (Phi) is 9.56. The topological polar surface area (TPSA) is 108 Å². The molecule has 0 radical (unpaired) electrons.